The summed E-state index contributed by atoms with van der Waals surface area (Å²) >= 11 is 6.03. The molecule has 2 amide bonds. The van der Waals surface area contributed by atoms with Gasteiger partial charge in [-0.2, -0.15) is 0 Å². The largest absolute Gasteiger partial charge is 0.464 e. The van der Waals surface area contributed by atoms with Crippen LogP contribution in [0.5, 0.6) is 0 Å². The number of carbonyl (C=O) groups is 2. The van der Waals surface area contributed by atoms with E-state index in [-0.39, 0.29) is 30.6 Å². The van der Waals surface area contributed by atoms with Crippen LogP contribution in [0.4, 0.5) is 10.6 Å². The number of aromatic nitrogens is 2. The Balaban J connectivity index is 2.70. The van der Waals surface area contributed by atoms with Gasteiger partial charge in [-0.15, -0.1) is 10.2 Å². The summed E-state index contributed by atoms with van der Waals surface area (Å²) in [5.74, 6) is -0.0640. The summed E-state index contributed by atoms with van der Waals surface area (Å²) < 4.78 is 4.79. The monoisotopic (exact) mass is 328 g/mol. The highest BCUT2D eigenvalue weighted by Crippen LogP contribution is 2.28. The molecule has 1 rings (SSSR count). The number of rotatable bonds is 4. The van der Waals surface area contributed by atoms with Gasteiger partial charge in [-0.05, 0) is 11.5 Å². The van der Waals surface area contributed by atoms with Gasteiger partial charge in [0.2, 0.25) is 0 Å². The molecule has 22 heavy (non-hydrogen) atoms. The normalized spacial score (nSPS) is 11.0. The molecular formula is C14H21ClN4O3. The van der Waals surface area contributed by atoms with E-state index < -0.39 is 0 Å². The fourth-order valence-electron chi connectivity index (χ4n) is 1.60. The average molecular weight is 329 g/mol. The minimum Gasteiger partial charge on any atom is -0.464 e. The predicted octanol–water partition coefficient (Wildman–Crippen LogP) is 2.45. The molecular weight excluding hydrogens is 308 g/mol. The van der Waals surface area contributed by atoms with E-state index in [4.69, 9.17) is 16.3 Å². The molecule has 7 nitrogen and oxygen atoms in total. The molecule has 1 N–H and O–H groups in total. The van der Waals surface area contributed by atoms with Crippen LogP contribution in [0, 0.1) is 0 Å². The number of ether oxygens (including phenoxy) is 1. The molecule has 0 saturated carbocycles. The number of halogens is 1. The van der Waals surface area contributed by atoms with Crippen molar-refractivity contribution in [2.75, 3.05) is 25.5 Å². The van der Waals surface area contributed by atoms with Crippen molar-refractivity contribution in [3.05, 3.63) is 16.8 Å². The molecule has 0 atom stereocenters. The second kappa shape index (κ2) is 7.40. The Bertz CT molecular complexity index is 558. The first kappa shape index (κ1) is 18.2. The summed E-state index contributed by atoms with van der Waals surface area (Å²) in [5, 5.41) is 10.7. The van der Waals surface area contributed by atoms with E-state index >= 15 is 0 Å². The second-order valence-electron chi connectivity index (χ2n) is 5.88. The SMILES string of the molecule is CC(=O)OCCN(C)C(=O)Nc1cc(C(C)(C)C)c(Cl)nn1. The molecule has 1 aromatic heterocycles. The molecule has 0 aliphatic rings. The van der Waals surface area contributed by atoms with Crippen molar-refractivity contribution in [1.82, 2.24) is 15.1 Å². The van der Waals surface area contributed by atoms with Gasteiger partial charge in [0.1, 0.15) is 6.61 Å². The Hall–Kier alpha value is -1.89. The van der Waals surface area contributed by atoms with Crippen molar-refractivity contribution < 1.29 is 14.3 Å². The fourth-order valence-corrected chi connectivity index (χ4v) is 1.97. The van der Waals surface area contributed by atoms with Crippen LogP contribution in [-0.2, 0) is 14.9 Å². The van der Waals surface area contributed by atoms with Crippen LogP contribution in [-0.4, -0.2) is 47.3 Å². The molecule has 0 bridgehead atoms. The van der Waals surface area contributed by atoms with Crippen LogP contribution in [0.1, 0.15) is 33.3 Å². The van der Waals surface area contributed by atoms with Crippen molar-refractivity contribution >= 4 is 29.4 Å². The molecule has 0 unspecified atom stereocenters. The molecule has 1 heterocycles. The maximum Gasteiger partial charge on any atom is 0.322 e. The first-order chi connectivity index (χ1) is 10.1. The highest BCUT2D eigenvalue weighted by Gasteiger charge is 2.20. The number of hydrogen-bond donors (Lipinski definition) is 1. The van der Waals surface area contributed by atoms with E-state index in [1.807, 2.05) is 20.8 Å². The van der Waals surface area contributed by atoms with Crippen molar-refractivity contribution in [2.24, 2.45) is 0 Å². The highest BCUT2D eigenvalue weighted by atomic mass is 35.5. The van der Waals surface area contributed by atoms with E-state index in [0.717, 1.165) is 5.56 Å². The Labute approximate surface area is 135 Å². The van der Waals surface area contributed by atoms with Crippen molar-refractivity contribution in [3.8, 4) is 0 Å². The molecule has 0 aliphatic heterocycles. The Kier molecular flexibility index (Phi) is 6.11. The topological polar surface area (TPSA) is 84.4 Å². The molecule has 0 saturated heterocycles. The van der Waals surface area contributed by atoms with Crippen molar-refractivity contribution in [2.45, 2.75) is 33.1 Å². The zero-order valence-corrected chi connectivity index (χ0v) is 14.2. The molecule has 0 aromatic carbocycles. The minimum absolute atomic E-state index is 0.138. The maximum absolute atomic E-state index is 12.0. The number of nitrogens with one attached hydrogen (secondary N) is 1. The van der Waals surface area contributed by atoms with Gasteiger partial charge in [0, 0.05) is 19.5 Å². The summed E-state index contributed by atoms with van der Waals surface area (Å²) in [6.07, 6.45) is 0. The lowest BCUT2D eigenvalue weighted by Crippen LogP contribution is -2.34. The van der Waals surface area contributed by atoms with Gasteiger partial charge in [-0.25, -0.2) is 4.79 Å². The predicted molar refractivity (Wildman–Crippen MR) is 84.0 cm³/mol. The lowest BCUT2D eigenvalue weighted by Gasteiger charge is -2.21. The van der Waals surface area contributed by atoms with Crippen LogP contribution in [0.3, 0.4) is 0 Å². The van der Waals surface area contributed by atoms with Crippen molar-refractivity contribution in [3.63, 3.8) is 0 Å². The van der Waals surface area contributed by atoms with E-state index in [1.165, 1.54) is 11.8 Å². The molecule has 0 aliphatic carbocycles. The molecule has 8 heteroatoms. The fraction of sp³-hybridized carbons (Fsp3) is 0.571. The van der Waals surface area contributed by atoms with Crippen LogP contribution in [0.25, 0.3) is 0 Å². The smallest absolute Gasteiger partial charge is 0.322 e. The Morgan fingerprint density at radius 1 is 1.36 bits per heavy atom. The third-order valence-electron chi connectivity index (χ3n) is 2.87. The summed E-state index contributed by atoms with van der Waals surface area (Å²) in [4.78, 5) is 24.1. The van der Waals surface area contributed by atoms with E-state index in [0.29, 0.717) is 11.0 Å². The van der Waals surface area contributed by atoms with Gasteiger partial charge < -0.3 is 9.64 Å². The Morgan fingerprint density at radius 2 is 2.00 bits per heavy atom. The van der Waals surface area contributed by atoms with Gasteiger partial charge in [0.05, 0.1) is 6.54 Å². The van der Waals surface area contributed by atoms with Gasteiger partial charge in [0.25, 0.3) is 0 Å². The number of esters is 1. The number of anilines is 1. The standard InChI is InChI=1S/C14H21ClN4O3/c1-9(20)22-7-6-19(5)13(21)16-11-8-10(14(2,3)4)12(15)18-17-11/h8H,6-7H2,1-5H3,(H,16,17,21). The van der Waals surface area contributed by atoms with Crippen molar-refractivity contribution in [1.29, 1.82) is 0 Å². The molecule has 0 fully saturated rings. The molecule has 122 valence electrons. The van der Waals surface area contributed by atoms with Crippen LogP contribution < -0.4 is 5.32 Å². The third kappa shape index (κ3) is 5.48. The quantitative estimate of drug-likeness (QED) is 0.858. The second-order valence-corrected chi connectivity index (χ2v) is 6.23. The zero-order valence-electron chi connectivity index (χ0n) is 13.4. The molecule has 0 spiro atoms. The van der Waals surface area contributed by atoms with E-state index in [1.54, 1.807) is 13.1 Å². The Morgan fingerprint density at radius 3 is 2.55 bits per heavy atom. The number of urea groups is 1. The first-order valence-corrected chi connectivity index (χ1v) is 7.18. The number of carbonyl (C=O) groups excluding carboxylic acids is 2. The minimum atomic E-state index is -0.382. The number of amides is 2. The average Bonchev–Trinajstić information content (AvgIpc) is 2.39. The lowest BCUT2D eigenvalue weighted by atomic mass is 9.88. The highest BCUT2D eigenvalue weighted by molar-refractivity contribution is 6.30. The summed E-state index contributed by atoms with van der Waals surface area (Å²) in [5.41, 5.74) is 0.579. The first-order valence-electron chi connectivity index (χ1n) is 6.80. The maximum atomic E-state index is 12.0. The van der Waals surface area contributed by atoms with Gasteiger partial charge in [0.15, 0.2) is 11.0 Å². The molecule has 0 radical (unpaired) electrons. The lowest BCUT2D eigenvalue weighted by molar-refractivity contribution is -0.141. The van der Waals surface area contributed by atoms with Crippen LogP contribution in [0.2, 0.25) is 5.15 Å². The van der Waals surface area contributed by atoms with Gasteiger partial charge in [-0.1, -0.05) is 32.4 Å². The number of likely N-dealkylation sites (N-methyl/N-ethyl adjacent to an activating group) is 1. The summed E-state index contributed by atoms with van der Waals surface area (Å²) in [6, 6.07) is 1.33. The summed E-state index contributed by atoms with van der Waals surface area (Å²) in [6.45, 7) is 7.71. The molecule has 1 aromatic rings. The number of nitrogens with zero attached hydrogens (tertiary/aromatic N) is 3. The van der Waals surface area contributed by atoms with E-state index in [9.17, 15) is 9.59 Å². The zero-order chi connectivity index (χ0) is 16.9. The number of hydrogen-bond acceptors (Lipinski definition) is 5. The van der Waals surface area contributed by atoms with Crippen LogP contribution in [0.15, 0.2) is 6.07 Å². The summed E-state index contributed by atoms with van der Waals surface area (Å²) in [7, 11) is 1.59. The van der Waals surface area contributed by atoms with Gasteiger partial charge in [-0.3, -0.25) is 10.1 Å². The van der Waals surface area contributed by atoms with Crippen LogP contribution >= 0.6 is 11.6 Å². The van der Waals surface area contributed by atoms with E-state index in [2.05, 4.69) is 15.5 Å². The third-order valence-corrected chi connectivity index (χ3v) is 3.15. The van der Waals surface area contributed by atoms with Gasteiger partial charge >= 0.3 is 12.0 Å².